The van der Waals surface area contributed by atoms with Crippen molar-refractivity contribution in [3.05, 3.63) is 56.9 Å². The highest BCUT2D eigenvalue weighted by atomic mass is 35.5. The molecule has 1 amide bonds. The second-order valence-corrected chi connectivity index (χ2v) is 12.3. The van der Waals surface area contributed by atoms with Gasteiger partial charge in [-0.2, -0.15) is 0 Å². The molecule has 0 saturated carbocycles. The molecule has 5 rings (SSSR count). The fourth-order valence-electron chi connectivity index (χ4n) is 4.90. The van der Waals surface area contributed by atoms with E-state index in [0.717, 1.165) is 88.8 Å². The summed E-state index contributed by atoms with van der Waals surface area (Å²) >= 11 is 19.6. The Labute approximate surface area is 255 Å². The number of benzene rings is 2. The summed E-state index contributed by atoms with van der Waals surface area (Å²) in [4.78, 5) is 20.4. The summed E-state index contributed by atoms with van der Waals surface area (Å²) in [5.41, 5.74) is 2.57. The highest BCUT2D eigenvalue weighted by molar-refractivity contribution is 8.26. The number of morpholine rings is 2. The molecule has 2 aromatic carbocycles. The Morgan fingerprint density at radius 3 is 2.33 bits per heavy atom. The number of nitrogens with zero attached hydrogens (tertiary/aromatic N) is 3. The van der Waals surface area contributed by atoms with Gasteiger partial charge in [0.2, 0.25) is 0 Å². The van der Waals surface area contributed by atoms with Gasteiger partial charge in [0, 0.05) is 67.0 Å². The maximum atomic E-state index is 13.4. The molecule has 214 valence electrons. The number of hydrogen-bond acceptors (Lipinski definition) is 8. The topological polar surface area (TPSA) is 54.5 Å². The molecule has 3 aliphatic rings. The SMILES string of the molecule is O=C1/C(=C/c2cc(-c3ccc(Cl)cc3Cl)ccc2OCCN2CCOCC2)SC(=S)N1CCCN1CCOCC1. The van der Waals surface area contributed by atoms with E-state index in [1.807, 2.05) is 36.4 Å². The van der Waals surface area contributed by atoms with Gasteiger partial charge in [0.25, 0.3) is 5.91 Å². The summed E-state index contributed by atoms with van der Waals surface area (Å²) in [5.74, 6) is 0.644. The molecule has 7 nitrogen and oxygen atoms in total. The van der Waals surface area contributed by atoms with E-state index in [1.54, 1.807) is 11.0 Å². The monoisotopic (exact) mass is 621 g/mol. The highest BCUT2D eigenvalue weighted by Gasteiger charge is 2.32. The van der Waals surface area contributed by atoms with Crippen LogP contribution in [-0.2, 0) is 14.3 Å². The zero-order valence-electron chi connectivity index (χ0n) is 22.3. The molecule has 0 N–H and O–H groups in total. The van der Waals surface area contributed by atoms with E-state index in [0.29, 0.717) is 38.2 Å². The normalized spacial score (nSPS) is 20.1. The molecule has 0 radical (unpaired) electrons. The first-order valence-electron chi connectivity index (χ1n) is 13.6. The van der Waals surface area contributed by atoms with Crippen LogP contribution >= 0.6 is 47.2 Å². The van der Waals surface area contributed by atoms with Crippen molar-refractivity contribution in [3.63, 3.8) is 0 Å². The first-order chi connectivity index (χ1) is 19.5. The molecule has 11 heteroatoms. The standard InChI is InChI=1S/C29H33Cl2N3O4S2/c30-23-3-4-24(25(31)20-23)21-2-5-26(38-17-12-33-10-15-37-16-11-33)22(18-21)19-27-28(35)34(29(39)40-27)7-1-6-32-8-13-36-14-9-32/h2-5,18-20H,1,6-17H2/b27-19-. The zero-order chi connectivity index (χ0) is 27.9. The van der Waals surface area contributed by atoms with Gasteiger partial charge in [0.15, 0.2) is 0 Å². The predicted molar refractivity (Wildman–Crippen MR) is 166 cm³/mol. The van der Waals surface area contributed by atoms with Crippen LogP contribution in [0.5, 0.6) is 5.75 Å². The Balaban J connectivity index is 1.33. The predicted octanol–water partition coefficient (Wildman–Crippen LogP) is 5.29. The summed E-state index contributed by atoms with van der Waals surface area (Å²) in [6, 6.07) is 11.4. The van der Waals surface area contributed by atoms with Crippen LogP contribution in [0.1, 0.15) is 12.0 Å². The van der Waals surface area contributed by atoms with Crippen LogP contribution in [0.15, 0.2) is 41.3 Å². The van der Waals surface area contributed by atoms with Gasteiger partial charge >= 0.3 is 0 Å². The Morgan fingerprint density at radius 2 is 1.62 bits per heavy atom. The van der Waals surface area contributed by atoms with Crippen molar-refractivity contribution in [1.82, 2.24) is 14.7 Å². The molecule has 0 bridgehead atoms. The Morgan fingerprint density at radius 1 is 0.925 bits per heavy atom. The number of thioether (sulfide) groups is 1. The van der Waals surface area contributed by atoms with Crippen LogP contribution in [0.2, 0.25) is 10.0 Å². The molecule has 0 spiro atoms. The molecule has 3 fully saturated rings. The molecule has 0 atom stereocenters. The van der Waals surface area contributed by atoms with Gasteiger partial charge in [-0.1, -0.05) is 59.3 Å². The third-order valence-corrected chi connectivity index (χ3v) is 9.07. The molecule has 0 unspecified atom stereocenters. The van der Waals surface area contributed by atoms with E-state index >= 15 is 0 Å². The third kappa shape index (κ3) is 7.77. The number of hydrogen-bond donors (Lipinski definition) is 0. The van der Waals surface area contributed by atoms with Crippen molar-refractivity contribution in [2.24, 2.45) is 0 Å². The van der Waals surface area contributed by atoms with Gasteiger partial charge in [0.1, 0.15) is 16.7 Å². The maximum Gasteiger partial charge on any atom is 0.266 e. The minimum atomic E-state index is -0.0637. The summed E-state index contributed by atoms with van der Waals surface area (Å²) in [6.07, 6.45) is 2.75. The van der Waals surface area contributed by atoms with Crippen molar-refractivity contribution in [1.29, 1.82) is 0 Å². The van der Waals surface area contributed by atoms with E-state index in [-0.39, 0.29) is 5.91 Å². The number of rotatable bonds is 10. The molecule has 0 aromatic heterocycles. The van der Waals surface area contributed by atoms with Gasteiger partial charge in [-0.15, -0.1) is 0 Å². The second-order valence-electron chi connectivity index (χ2n) is 9.82. The minimum absolute atomic E-state index is 0.0637. The summed E-state index contributed by atoms with van der Waals surface area (Å²) in [7, 11) is 0. The second kappa shape index (κ2) is 14.5. The van der Waals surface area contributed by atoms with Crippen molar-refractivity contribution in [2.45, 2.75) is 6.42 Å². The number of carbonyl (C=O) groups excluding carboxylic acids is 1. The van der Waals surface area contributed by atoms with Crippen LogP contribution < -0.4 is 4.74 Å². The number of carbonyl (C=O) groups is 1. The maximum absolute atomic E-state index is 13.4. The highest BCUT2D eigenvalue weighted by Crippen LogP contribution is 2.37. The van der Waals surface area contributed by atoms with Gasteiger partial charge in [0.05, 0.1) is 31.3 Å². The van der Waals surface area contributed by atoms with E-state index in [4.69, 9.17) is 49.6 Å². The fourth-order valence-corrected chi connectivity index (χ4v) is 6.72. The van der Waals surface area contributed by atoms with E-state index < -0.39 is 0 Å². The Hall–Kier alpha value is -1.69. The number of halogens is 2. The molecule has 3 heterocycles. The van der Waals surface area contributed by atoms with E-state index in [9.17, 15) is 4.79 Å². The quantitative estimate of drug-likeness (QED) is 0.262. The van der Waals surface area contributed by atoms with E-state index in [1.165, 1.54) is 11.8 Å². The van der Waals surface area contributed by atoms with Crippen molar-refractivity contribution in [2.75, 3.05) is 78.8 Å². The van der Waals surface area contributed by atoms with Crippen LogP contribution in [0, 0.1) is 0 Å². The van der Waals surface area contributed by atoms with E-state index in [2.05, 4.69) is 9.80 Å². The van der Waals surface area contributed by atoms with Crippen molar-refractivity contribution in [3.8, 4) is 16.9 Å². The average Bonchev–Trinajstić information content (AvgIpc) is 3.22. The number of thiocarbonyl (C=S) groups is 1. The van der Waals surface area contributed by atoms with Gasteiger partial charge in [-0.3, -0.25) is 19.5 Å². The number of ether oxygens (including phenoxy) is 3. The molecule has 2 aromatic rings. The largest absolute Gasteiger partial charge is 0.492 e. The molecular weight excluding hydrogens is 589 g/mol. The lowest BCUT2D eigenvalue weighted by molar-refractivity contribution is -0.122. The summed E-state index contributed by atoms with van der Waals surface area (Å²) < 4.78 is 17.7. The molecule has 0 aliphatic carbocycles. The minimum Gasteiger partial charge on any atom is -0.492 e. The van der Waals surface area contributed by atoms with Crippen LogP contribution in [0.4, 0.5) is 0 Å². The van der Waals surface area contributed by atoms with Crippen molar-refractivity contribution >= 4 is 63.5 Å². The van der Waals surface area contributed by atoms with Gasteiger partial charge < -0.3 is 14.2 Å². The van der Waals surface area contributed by atoms with Crippen LogP contribution in [0.25, 0.3) is 17.2 Å². The molecule has 3 saturated heterocycles. The molecule has 3 aliphatic heterocycles. The van der Waals surface area contributed by atoms with Crippen LogP contribution in [0.3, 0.4) is 0 Å². The number of amides is 1. The summed E-state index contributed by atoms with van der Waals surface area (Å²) in [5, 5.41) is 1.14. The lowest BCUT2D eigenvalue weighted by atomic mass is 10.0. The first kappa shape index (κ1) is 29.8. The fraction of sp³-hybridized carbons (Fsp3) is 0.448. The Bertz CT molecular complexity index is 1250. The first-order valence-corrected chi connectivity index (χ1v) is 15.5. The molecule has 40 heavy (non-hydrogen) atoms. The Kier molecular flexibility index (Phi) is 10.8. The third-order valence-electron chi connectivity index (χ3n) is 7.14. The lowest BCUT2D eigenvalue weighted by Crippen LogP contribution is -2.38. The van der Waals surface area contributed by atoms with Crippen molar-refractivity contribution < 1.29 is 19.0 Å². The molecular formula is C29H33Cl2N3O4S2. The van der Waals surface area contributed by atoms with Gasteiger partial charge in [-0.05, 0) is 42.3 Å². The smallest absolute Gasteiger partial charge is 0.266 e. The van der Waals surface area contributed by atoms with Gasteiger partial charge in [-0.25, -0.2) is 0 Å². The zero-order valence-corrected chi connectivity index (χ0v) is 25.4. The lowest BCUT2D eigenvalue weighted by Gasteiger charge is -2.27. The van der Waals surface area contributed by atoms with Crippen LogP contribution in [-0.4, -0.2) is 104 Å². The summed E-state index contributed by atoms with van der Waals surface area (Å²) in [6.45, 7) is 9.54. The average molecular weight is 623 g/mol.